The molecule has 0 amide bonds. The third-order valence-electron chi connectivity index (χ3n) is 5.78. The maximum Gasteiger partial charge on any atom is 0.422 e. The number of para-hydroxylation sites is 1. The van der Waals surface area contributed by atoms with Crippen molar-refractivity contribution < 1.29 is 23.0 Å². The smallest absolute Gasteiger partial charge is 0.422 e. The van der Waals surface area contributed by atoms with Crippen molar-refractivity contribution in [3.63, 3.8) is 0 Å². The second-order valence-corrected chi connectivity index (χ2v) is 8.27. The van der Waals surface area contributed by atoms with E-state index in [0.717, 1.165) is 11.8 Å². The number of nitrogens with zero attached hydrogens (tertiary/aromatic N) is 1. The predicted octanol–water partition coefficient (Wildman–Crippen LogP) is 7.02. The van der Waals surface area contributed by atoms with Crippen LogP contribution in [0.1, 0.15) is 29.5 Å². The van der Waals surface area contributed by atoms with Gasteiger partial charge in [0.15, 0.2) is 5.60 Å². The number of rotatable bonds is 6. The van der Waals surface area contributed by atoms with Crippen molar-refractivity contribution in [1.29, 1.82) is 0 Å². The number of fused-ring (bicyclic) bond motifs is 1. The van der Waals surface area contributed by atoms with E-state index in [0.29, 0.717) is 23.3 Å². The van der Waals surface area contributed by atoms with Crippen LogP contribution in [-0.2, 0) is 12.2 Å². The normalized spacial score (nSPS) is 14.6. The summed E-state index contributed by atoms with van der Waals surface area (Å²) in [5.74, 6) is -0.987. The molecule has 1 N–H and O–H groups in total. The summed E-state index contributed by atoms with van der Waals surface area (Å²) in [6.45, 7) is 1.59. The molecular weight excluding hydrogens is 451 g/mol. The van der Waals surface area contributed by atoms with E-state index < -0.39 is 17.7 Å². The fourth-order valence-electron chi connectivity index (χ4n) is 3.85. The third-order valence-corrected chi connectivity index (χ3v) is 6.10. The van der Waals surface area contributed by atoms with Gasteiger partial charge in [-0.1, -0.05) is 73.1 Å². The predicted molar refractivity (Wildman–Crippen MR) is 122 cm³/mol. The number of hydrogen-bond donors (Lipinski definition) is 1. The highest BCUT2D eigenvalue weighted by atomic mass is 35.5. The molecule has 1 aromatic heterocycles. The molecule has 7 heteroatoms. The molecule has 0 aliphatic carbocycles. The van der Waals surface area contributed by atoms with E-state index in [4.69, 9.17) is 16.3 Å². The lowest BCUT2D eigenvalue weighted by molar-refractivity contribution is -0.274. The Morgan fingerprint density at radius 3 is 2.36 bits per heavy atom. The molecule has 0 aliphatic heterocycles. The van der Waals surface area contributed by atoms with E-state index in [1.807, 2.05) is 30.3 Å². The molecule has 2 atom stereocenters. The number of aliphatic hydroxyl groups is 1. The lowest BCUT2D eigenvalue weighted by atomic mass is 9.78. The topological polar surface area (TPSA) is 42.4 Å². The van der Waals surface area contributed by atoms with Crippen LogP contribution in [0, 0.1) is 0 Å². The van der Waals surface area contributed by atoms with Gasteiger partial charge in [0, 0.05) is 28.1 Å². The van der Waals surface area contributed by atoms with Crippen molar-refractivity contribution in [2.45, 2.75) is 31.2 Å². The van der Waals surface area contributed by atoms with E-state index in [-0.39, 0.29) is 16.1 Å². The zero-order chi connectivity index (χ0) is 23.6. The first-order valence-corrected chi connectivity index (χ1v) is 10.7. The Kier molecular flexibility index (Phi) is 6.32. The number of hydrogen-bond acceptors (Lipinski definition) is 3. The monoisotopic (exact) mass is 471 g/mol. The van der Waals surface area contributed by atoms with Crippen molar-refractivity contribution in [3.8, 4) is 5.75 Å². The van der Waals surface area contributed by atoms with Crippen molar-refractivity contribution >= 4 is 22.5 Å². The minimum Gasteiger partial charge on any atom is -0.489 e. The fourth-order valence-corrected chi connectivity index (χ4v) is 4.19. The molecule has 0 radical (unpaired) electrons. The first-order valence-electron chi connectivity index (χ1n) is 10.3. The molecule has 4 rings (SSSR count). The summed E-state index contributed by atoms with van der Waals surface area (Å²) in [5, 5.41) is 11.7. The van der Waals surface area contributed by atoms with E-state index in [1.54, 1.807) is 30.3 Å². The van der Waals surface area contributed by atoms with Crippen LogP contribution in [0.5, 0.6) is 5.75 Å². The molecule has 0 aliphatic rings. The second-order valence-electron chi connectivity index (χ2n) is 7.86. The molecule has 170 valence electrons. The van der Waals surface area contributed by atoms with Gasteiger partial charge in [0.1, 0.15) is 12.4 Å². The SMILES string of the molecule is CC(c1ccc(OCc2ccccc2)cc1Cl)C(O)(c1cnc2ccccc2c1)C(F)(F)F. The highest BCUT2D eigenvalue weighted by Gasteiger charge is 2.59. The van der Waals surface area contributed by atoms with Crippen LogP contribution in [0.3, 0.4) is 0 Å². The largest absolute Gasteiger partial charge is 0.489 e. The van der Waals surface area contributed by atoms with Gasteiger partial charge in [-0.05, 0) is 35.4 Å². The number of aromatic nitrogens is 1. The Morgan fingerprint density at radius 2 is 1.67 bits per heavy atom. The summed E-state index contributed by atoms with van der Waals surface area (Å²) >= 11 is 6.37. The molecule has 0 spiro atoms. The summed E-state index contributed by atoms with van der Waals surface area (Å²) in [6.07, 6.45) is -3.90. The van der Waals surface area contributed by atoms with Gasteiger partial charge < -0.3 is 9.84 Å². The van der Waals surface area contributed by atoms with Crippen molar-refractivity contribution in [3.05, 3.63) is 107 Å². The zero-order valence-electron chi connectivity index (χ0n) is 17.7. The van der Waals surface area contributed by atoms with Gasteiger partial charge in [0.2, 0.25) is 0 Å². The summed E-state index contributed by atoms with van der Waals surface area (Å²) < 4.78 is 48.6. The quantitative estimate of drug-likeness (QED) is 0.328. The highest BCUT2D eigenvalue weighted by Crippen LogP contribution is 2.50. The first kappa shape index (κ1) is 23.1. The van der Waals surface area contributed by atoms with Gasteiger partial charge >= 0.3 is 6.18 Å². The Balaban J connectivity index is 1.67. The van der Waals surface area contributed by atoms with Crippen LogP contribution in [0.2, 0.25) is 5.02 Å². The molecule has 3 nitrogen and oxygen atoms in total. The third kappa shape index (κ3) is 4.54. The van der Waals surface area contributed by atoms with E-state index >= 15 is 0 Å². The van der Waals surface area contributed by atoms with E-state index in [1.165, 1.54) is 25.1 Å². The Bertz CT molecular complexity index is 1260. The fraction of sp³-hybridized carbons (Fsp3) is 0.192. The molecule has 4 aromatic rings. The molecular formula is C26H21ClF3NO2. The van der Waals surface area contributed by atoms with Crippen molar-refractivity contribution in [2.75, 3.05) is 0 Å². The summed E-state index contributed by atoms with van der Waals surface area (Å²) in [7, 11) is 0. The van der Waals surface area contributed by atoms with Gasteiger partial charge in [0.25, 0.3) is 0 Å². The average Bonchev–Trinajstić information content (AvgIpc) is 2.81. The van der Waals surface area contributed by atoms with Crippen LogP contribution in [-0.4, -0.2) is 16.3 Å². The Morgan fingerprint density at radius 1 is 0.970 bits per heavy atom. The van der Waals surface area contributed by atoms with Gasteiger partial charge in [-0.25, -0.2) is 0 Å². The van der Waals surface area contributed by atoms with Crippen LogP contribution >= 0.6 is 11.6 Å². The summed E-state index contributed by atoms with van der Waals surface area (Å²) in [5.41, 5.74) is -1.91. The van der Waals surface area contributed by atoms with Crippen LogP contribution in [0.25, 0.3) is 10.9 Å². The Labute approximate surface area is 194 Å². The first-order chi connectivity index (χ1) is 15.7. The maximum absolute atomic E-state index is 14.3. The summed E-state index contributed by atoms with van der Waals surface area (Å²) in [4.78, 5) is 4.11. The van der Waals surface area contributed by atoms with Crippen LogP contribution in [0.4, 0.5) is 13.2 Å². The number of benzene rings is 3. The van der Waals surface area contributed by atoms with Crippen molar-refractivity contribution in [1.82, 2.24) is 4.98 Å². The highest BCUT2D eigenvalue weighted by molar-refractivity contribution is 6.31. The Hall–Kier alpha value is -3.09. The molecule has 0 saturated heterocycles. The molecule has 0 fully saturated rings. The molecule has 3 aromatic carbocycles. The lowest BCUT2D eigenvalue weighted by Crippen LogP contribution is -2.46. The van der Waals surface area contributed by atoms with Crippen molar-refractivity contribution in [2.24, 2.45) is 0 Å². The van der Waals surface area contributed by atoms with Gasteiger partial charge in [-0.3, -0.25) is 4.98 Å². The number of pyridine rings is 1. The van der Waals surface area contributed by atoms with Crippen LogP contribution < -0.4 is 4.74 Å². The minimum absolute atomic E-state index is 0.0736. The molecule has 1 heterocycles. The molecule has 2 unspecified atom stereocenters. The van der Waals surface area contributed by atoms with E-state index in [2.05, 4.69) is 4.98 Å². The number of alkyl halides is 3. The average molecular weight is 472 g/mol. The molecule has 0 bridgehead atoms. The number of halogens is 4. The van der Waals surface area contributed by atoms with Gasteiger partial charge in [-0.2, -0.15) is 13.2 Å². The standard InChI is InChI=1S/C26H21ClF3NO2/c1-17(22-12-11-21(14-23(22)27)33-16-18-7-3-2-4-8-18)25(32,26(28,29)30)20-13-19-9-5-6-10-24(19)31-15-20/h2-15,17,32H,16H2,1H3. The van der Waals surface area contributed by atoms with E-state index in [9.17, 15) is 18.3 Å². The lowest BCUT2D eigenvalue weighted by Gasteiger charge is -2.37. The molecule has 33 heavy (non-hydrogen) atoms. The van der Waals surface area contributed by atoms with Crippen LogP contribution in [0.15, 0.2) is 85.1 Å². The molecule has 0 saturated carbocycles. The summed E-state index contributed by atoms with van der Waals surface area (Å²) in [6, 6.07) is 22.1. The van der Waals surface area contributed by atoms with Gasteiger partial charge in [0.05, 0.1) is 5.52 Å². The van der Waals surface area contributed by atoms with Gasteiger partial charge in [-0.15, -0.1) is 0 Å². The number of ether oxygens (including phenoxy) is 1. The second kappa shape index (κ2) is 9.04. The maximum atomic E-state index is 14.3. The minimum atomic E-state index is -4.97. The zero-order valence-corrected chi connectivity index (χ0v) is 18.4.